The maximum Gasteiger partial charge on any atom is 0.0511 e. The Hall–Kier alpha value is -1.47. The van der Waals surface area contributed by atoms with Gasteiger partial charge in [0.05, 0.1) is 6.54 Å². The van der Waals surface area contributed by atoms with Gasteiger partial charge in [0, 0.05) is 4.91 Å². The van der Waals surface area contributed by atoms with Crippen molar-refractivity contribution >= 4 is 0 Å². The normalized spacial score (nSPS) is 9.38. The molecule has 0 unspecified atom stereocenters. The zero-order valence-electron chi connectivity index (χ0n) is 7.99. The average Bonchev–Trinajstić information content (AvgIpc) is 2.14. The standard InChI is InChI=1S/C10H13N3/c1-3-9-4-8(2)5-10(6-9)7-12-13-11/h4-6H,3,7H2,1-2H3. The predicted octanol–water partition coefficient (Wildman–Crippen LogP) is 3.37. The van der Waals surface area contributed by atoms with E-state index in [-0.39, 0.29) is 0 Å². The van der Waals surface area contributed by atoms with E-state index in [1.54, 1.807) is 0 Å². The number of azide groups is 1. The summed E-state index contributed by atoms with van der Waals surface area (Å²) in [5.41, 5.74) is 11.8. The van der Waals surface area contributed by atoms with E-state index in [1.807, 2.05) is 6.07 Å². The lowest BCUT2D eigenvalue weighted by atomic mass is 10.1. The minimum atomic E-state index is 0.450. The van der Waals surface area contributed by atoms with Gasteiger partial charge in [0.1, 0.15) is 0 Å². The van der Waals surface area contributed by atoms with Crippen molar-refractivity contribution in [2.75, 3.05) is 0 Å². The number of aryl methyl sites for hydroxylation is 2. The molecule has 0 radical (unpaired) electrons. The van der Waals surface area contributed by atoms with Gasteiger partial charge in [-0.2, -0.15) is 0 Å². The molecule has 0 fully saturated rings. The summed E-state index contributed by atoms with van der Waals surface area (Å²) in [4.78, 5) is 2.74. The molecule has 0 saturated heterocycles. The topological polar surface area (TPSA) is 48.8 Å². The second-order valence-corrected chi connectivity index (χ2v) is 3.07. The fourth-order valence-corrected chi connectivity index (χ4v) is 1.36. The Morgan fingerprint density at radius 3 is 2.62 bits per heavy atom. The fraction of sp³-hybridized carbons (Fsp3) is 0.400. The smallest absolute Gasteiger partial charge is 0.0511 e. The van der Waals surface area contributed by atoms with Crippen molar-refractivity contribution in [1.29, 1.82) is 0 Å². The molecule has 1 aromatic rings. The van der Waals surface area contributed by atoms with Crippen molar-refractivity contribution in [1.82, 2.24) is 0 Å². The summed E-state index contributed by atoms with van der Waals surface area (Å²) < 4.78 is 0. The van der Waals surface area contributed by atoms with E-state index in [2.05, 4.69) is 36.0 Å². The van der Waals surface area contributed by atoms with E-state index < -0.39 is 0 Å². The minimum absolute atomic E-state index is 0.450. The highest BCUT2D eigenvalue weighted by molar-refractivity contribution is 5.29. The van der Waals surface area contributed by atoms with Gasteiger partial charge < -0.3 is 0 Å². The van der Waals surface area contributed by atoms with Crippen LogP contribution in [-0.2, 0) is 13.0 Å². The van der Waals surface area contributed by atoms with Crippen molar-refractivity contribution in [2.24, 2.45) is 5.11 Å². The summed E-state index contributed by atoms with van der Waals surface area (Å²) in [7, 11) is 0. The van der Waals surface area contributed by atoms with Crippen LogP contribution in [0.4, 0.5) is 0 Å². The summed E-state index contributed by atoms with van der Waals surface area (Å²) in [5.74, 6) is 0. The Bertz CT molecular complexity index is 338. The third kappa shape index (κ3) is 2.80. The van der Waals surface area contributed by atoms with Crippen LogP contribution >= 0.6 is 0 Å². The lowest BCUT2D eigenvalue weighted by molar-refractivity contribution is 1.02. The van der Waals surface area contributed by atoms with E-state index in [0.717, 1.165) is 12.0 Å². The van der Waals surface area contributed by atoms with Crippen molar-refractivity contribution < 1.29 is 0 Å². The molecule has 0 aliphatic rings. The van der Waals surface area contributed by atoms with Crippen LogP contribution in [0.25, 0.3) is 10.4 Å². The zero-order chi connectivity index (χ0) is 9.68. The molecule has 68 valence electrons. The van der Waals surface area contributed by atoms with Crippen LogP contribution in [0.5, 0.6) is 0 Å². The second-order valence-electron chi connectivity index (χ2n) is 3.07. The number of benzene rings is 1. The van der Waals surface area contributed by atoms with Crippen LogP contribution in [0.3, 0.4) is 0 Å². The molecule has 0 amide bonds. The van der Waals surface area contributed by atoms with Crippen molar-refractivity contribution in [3.05, 3.63) is 45.3 Å². The Labute approximate surface area is 78.0 Å². The van der Waals surface area contributed by atoms with Crippen LogP contribution in [0.2, 0.25) is 0 Å². The molecule has 0 aliphatic carbocycles. The molecule has 3 heteroatoms. The quantitative estimate of drug-likeness (QED) is 0.384. The summed E-state index contributed by atoms with van der Waals surface area (Å²) >= 11 is 0. The maximum absolute atomic E-state index is 8.18. The zero-order valence-corrected chi connectivity index (χ0v) is 7.99. The largest absolute Gasteiger partial charge is 0.0893 e. The molecule has 0 N–H and O–H groups in total. The molecule has 0 saturated carbocycles. The van der Waals surface area contributed by atoms with Crippen LogP contribution in [0.1, 0.15) is 23.6 Å². The highest BCUT2D eigenvalue weighted by Crippen LogP contribution is 2.11. The molecule has 0 bridgehead atoms. The molecular formula is C10H13N3. The molecule has 0 aromatic heterocycles. The van der Waals surface area contributed by atoms with Crippen LogP contribution < -0.4 is 0 Å². The fourth-order valence-electron chi connectivity index (χ4n) is 1.36. The van der Waals surface area contributed by atoms with Crippen LogP contribution in [0, 0.1) is 6.92 Å². The number of hydrogen-bond acceptors (Lipinski definition) is 1. The van der Waals surface area contributed by atoms with Crippen molar-refractivity contribution in [2.45, 2.75) is 26.8 Å². The van der Waals surface area contributed by atoms with Crippen molar-refractivity contribution in [3.8, 4) is 0 Å². The minimum Gasteiger partial charge on any atom is -0.0893 e. The SMILES string of the molecule is CCc1cc(C)cc(CN=[N+]=[N-])c1. The first-order chi connectivity index (χ1) is 6.26. The van der Waals surface area contributed by atoms with E-state index in [0.29, 0.717) is 6.54 Å². The average molecular weight is 175 g/mol. The first-order valence-corrected chi connectivity index (χ1v) is 4.36. The summed E-state index contributed by atoms with van der Waals surface area (Å²) in [6.45, 7) is 4.62. The third-order valence-electron chi connectivity index (χ3n) is 1.92. The number of hydrogen-bond donors (Lipinski definition) is 0. The van der Waals surface area contributed by atoms with Gasteiger partial charge in [0.25, 0.3) is 0 Å². The monoisotopic (exact) mass is 175 g/mol. The van der Waals surface area contributed by atoms with Gasteiger partial charge in [-0.25, -0.2) is 0 Å². The van der Waals surface area contributed by atoms with Gasteiger partial charge in [-0.3, -0.25) is 0 Å². The number of nitrogens with zero attached hydrogens (tertiary/aromatic N) is 3. The molecule has 0 aliphatic heterocycles. The molecule has 13 heavy (non-hydrogen) atoms. The van der Waals surface area contributed by atoms with E-state index in [1.165, 1.54) is 11.1 Å². The van der Waals surface area contributed by atoms with Crippen LogP contribution in [0.15, 0.2) is 23.3 Å². The Morgan fingerprint density at radius 2 is 2.00 bits per heavy atom. The van der Waals surface area contributed by atoms with E-state index in [4.69, 9.17) is 5.53 Å². The summed E-state index contributed by atoms with van der Waals surface area (Å²) in [5, 5.41) is 3.54. The highest BCUT2D eigenvalue weighted by Gasteiger charge is 1.95. The van der Waals surface area contributed by atoms with Gasteiger partial charge in [-0.1, -0.05) is 35.8 Å². The van der Waals surface area contributed by atoms with Gasteiger partial charge >= 0.3 is 0 Å². The van der Waals surface area contributed by atoms with E-state index in [9.17, 15) is 0 Å². The van der Waals surface area contributed by atoms with Crippen molar-refractivity contribution in [3.63, 3.8) is 0 Å². The first-order valence-electron chi connectivity index (χ1n) is 4.36. The molecule has 3 nitrogen and oxygen atoms in total. The third-order valence-corrected chi connectivity index (χ3v) is 1.92. The summed E-state index contributed by atoms with van der Waals surface area (Å²) in [6, 6.07) is 6.29. The molecular weight excluding hydrogens is 162 g/mol. The summed E-state index contributed by atoms with van der Waals surface area (Å²) in [6.07, 6.45) is 1.02. The predicted molar refractivity (Wildman–Crippen MR) is 53.4 cm³/mol. The lowest BCUT2D eigenvalue weighted by Crippen LogP contribution is -1.87. The Balaban J connectivity index is 2.93. The molecule has 1 aromatic carbocycles. The molecule has 0 heterocycles. The lowest BCUT2D eigenvalue weighted by Gasteiger charge is -2.02. The second kappa shape index (κ2) is 4.53. The first kappa shape index (κ1) is 9.62. The maximum atomic E-state index is 8.18. The van der Waals surface area contributed by atoms with Gasteiger partial charge in [0.15, 0.2) is 0 Å². The van der Waals surface area contributed by atoms with Crippen LogP contribution in [-0.4, -0.2) is 0 Å². The highest BCUT2D eigenvalue weighted by atomic mass is 15.1. The number of rotatable bonds is 3. The molecule has 1 rings (SSSR count). The van der Waals surface area contributed by atoms with Gasteiger partial charge in [-0.15, -0.1) is 0 Å². The Morgan fingerprint density at radius 1 is 1.31 bits per heavy atom. The van der Waals surface area contributed by atoms with Gasteiger partial charge in [0.2, 0.25) is 0 Å². The van der Waals surface area contributed by atoms with Gasteiger partial charge in [-0.05, 0) is 30.0 Å². The van der Waals surface area contributed by atoms with E-state index >= 15 is 0 Å². The molecule has 0 atom stereocenters. The molecule has 0 spiro atoms. The Kier molecular flexibility index (Phi) is 3.35.